The minimum Gasteiger partial charge on any atom is -0.396 e. The van der Waals surface area contributed by atoms with Crippen molar-refractivity contribution >= 4 is 0 Å². The Hall–Kier alpha value is -0.870. The van der Waals surface area contributed by atoms with Gasteiger partial charge < -0.3 is 10.4 Å². The van der Waals surface area contributed by atoms with Gasteiger partial charge in [-0.3, -0.25) is 4.68 Å². The van der Waals surface area contributed by atoms with Gasteiger partial charge in [0.05, 0.1) is 5.69 Å². The lowest BCUT2D eigenvalue weighted by molar-refractivity contribution is 0.214. The van der Waals surface area contributed by atoms with Gasteiger partial charge in [-0.15, -0.1) is 0 Å². The molecule has 1 heterocycles. The lowest BCUT2D eigenvalue weighted by atomic mass is 9.89. The molecule has 0 bridgehead atoms. The van der Waals surface area contributed by atoms with Gasteiger partial charge >= 0.3 is 0 Å². The fraction of sp³-hybridized carbons (Fsp3) is 0.800. The summed E-state index contributed by atoms with van der Waals surface area (Å²) in [4.78, 5) is 0. The van der Waals surface area contributed by atoms with Gasteiger partial charge in [0.15, 0.2) is 0 Å². The van der Waals surface area contributed by atoms with Gasteiger partial charge in [0.25, 0.3) is 0 Å². The van der Waals surface area contributed by atoms with E-state index in [0.717, 1.165) is 25.1 Å². The minimum absolute atomic E-state index is 0.0141. The summed E-state index contributed by atoms with van der Waals surface area (Å²) in [6.07, 6.45) is 3.86. The molecule has 0 aliphatic rings. The quantitative estimate of drug-likeness (QED) is 0.832. The van der Waals surface area contributed by atoms with Crippen LogP contribution in [0.15, 0.2) is 6.20 Å². The number of aliphatic hydroxyl groups excluding tert-OH is 1. The molecule has 0 fully saturated rings. The molecule has 4 nitrogen and oxygen atoms in total. The highest BCUT2D eigenvalue weighted by Crippen LogP contribution is 2.25. The van der Waals surface area contributed by atoms with Crippen LogP contribution in [0.25, 0.3) is 0 Å². The Morgan fingerprint density at radius 1 is 1.32 bits per heavy atom. The van der Waals surface area contributed by atoms with Crippen molar-refractivity contribution in [2.45, 2.75) is 65.0 Å². The number of aromatic nitrogens is 2. The van der Waals surface area contributed by atoms with E-state index >= 15 is 0 Å². The molecule has 0 aromatic carbocycles. The summed E-state index contributed by atoms with van der Waals surface area (Å²) >= 11 is 0. The van der Waals surface area contributed by atoms with Crippen molar-refractivity contribution in [2.24, 2.45) is 7.05 Å². The van der Waals surface area contributed by atoms with E-state index in [1.165, 1.54) is 5.56 Å². The van der Waals surface area contributed by atoms with E-state index < -0.39 is 0 Å². The Morgan fingerprint density at radius 2 is 1.95 bits per heavy atom. The Kier molecular flexibility index (Phi) is 5.16. The molecule has 0 saturated heterocycles. The molecule has 0 radical (unpaired) electrons. The summed E-state index contributed by atoms with van der Waals surface area (Å²) in [6, 6.07) is 0. The van der Waals surface area contributed by atoms with Crippen molar-refractivity contribution < 1.29 is 5.11 Å². The molecule has 0 saturated carbocycles. The summed E-state index contributed by atoms with van der Waals surface area (Å²) in [5.41, 5.74) is 2.43. The first-order chi connectivity index (χ1) is 8.72. The van der Waals surface area contributed by atoms with Crippen LogP contribution < -0.4 is 5.32 Å². The monoisotopic (exact) mass is 267 g/mol. The molecule has 0 amide bonds. The Balaban J connectivity index is 2.83. The summed E-state index contributed by atoms with van der Waals surface area (Å²) in [5.74, 6) is 0. The van der Waals surface area contributed by atoms with Gasteiger partial charge in [0.2, 0.25) is 0 Å². The maximum absolute atomic E-state index is 9.16. The predicted molar refractivity (Wildman–Crippen MR) is 79.1 cm³/mol. The molecule has 1 atom stereocenters. The van der Waals surface area contributed by atoms with Gasteiger partial charge in [-0.1, -0.05) is 27.7 Å². The van der Waals surface area contributed by atoms with Gasteiger partial charge in [-0.25, -0.2) is 0 Å². The van der Waals surface area contributed by atoms with E-state index in [1.54, 1.807) is 0 Å². The Morgan fingerprint density at radius 3 is 2.42 bits per heavy atom. The molecule has 19 heavy (non-hydrogen) atoms. The summed E-state index contributed by atoms with van der Waals surface area (Å²) < 4.78 is 1.88. The molecular formula is C15H29N3O. The average molecular weight is 267 g/mol. The minimum atomic E-state index is -0.0141. The van der Waals surface area contributed by atoms with Gasteiger partial charge in [0, 0.05) is 42.9 Å². The maximum Gasteiger partial charge on any atom is 0.0722 e. The van der Waals surface area contributed by atoms with Crippen LogP contribution in [-0.2, 0) is 19.0 Å². The van der Waals surface area contributed by atoms with Gasteiger partial charge in [-0.05, 0) is 19.8 Å². The van der Waals surface area contributed by atoms with Crippen molar-refractivity contribution in [1.82, 2.24) is 15.1 Å². The lowest BCUT2D eigenvalue weighted by Gasteiger charge is -2.29. The standard InChI is InChI=1S/C15H29N3O/c1-7-15(5,8-9-19)16-10-12-11-18(6)17-13(12)14(2,3)4/h11,16,19H,7-10H2,1-6H3. The van der Waals surface area contributed by atoms with Crippen molar-refractivity contribution in [1.29, 1.82) is 0 Å². The van der Waals surface area contributed by atoms with Crippen molar-refractivity contribution in [3.05, 3.63) is 17.5 Å². The van der Waals surface area contributed by atoms with Crippen LogP contribution in [-0.4, -0.2) is 27.0 Å². The smallest absolute Gasteiger partial charge is 0.0722 e. The normalized spacial score (nSPS) is 15.5. The summed E-state index contributed by atoms with van der Waals surface area (Å²) in [5, 5.41) is 17.3. The Bertz CT molecular complexity index is 406. The van der Waals surface area contributed by atoms with Crippen LogP contribution in [0.2, 0.25) is 0 Å². The van der Waals surface area contributed by atoms with Crippen LogP contribution >= 0.6 is 0 Å². The number of nitrogens with one attached hydrogen (secondary N) is 1. The molecule has 0 aliphatic heterocycles. The molecule has 4 heteroatoms. The van der Waals surface area contributed by atoms with Gasteiger partial charge in [-0.2, -0.15) is 5.10 Å². The zero-order valence-corrected chi connectivity index (χ0v) is 13.2. The van der Waals surface area contributed by atoms with Crippen molar-refractivity contribution in [3.63, 3.8) is 0 Å². The van der Waals surface area contributed by atoms with Crippen molar-refractivity contribution in [3.8, 4) is 0 Å². The molecule has 1 aromatic rings. The number of hydrogen-bond acceptors (Lipinski definition) is 3. The van der Waals surface area contributed by atoms with Crippen LogP contribution in [0.5, 0.6) is 0 Å². The molecule has 1 unspecified atom stereocenters. The van der Waals surface area contributed by atoms with Crippen LogP contribution in [0.3, 0.4) is 0 Å². The summed E-state index contributed by atoms with van der Waals surface area (Å²) in [6.45, 7) is 11.9. The van der Waals surface area contributed by atoms with E-state index in [4.69, 9.17) is 5.11 Å². The zero-order chi connectivity index (χ0) is 14.7. The van der Waals surface area contributed by atoms with Crippen LogP contribution in [0.4, 0.5) is 0 Å². The fourth-order valence-corrected chi connectivity index (χ4v) is 2.24. The van der Waals surface area contributed by atoms with E-state index in [2.05, 4.69) is 51.2 Å². The largest absolute Gasteiger partial charge is 0.396 e. The second kappa shape index (κ2) is 6.06. The molecule has 1 rings (SSSR count). The number of hydrogen-bond donors (Lipinski definition) is 2. The third-order valence-electron chi connectivity index (χ3n) is 3.76. The average Bonchev–Trinajstić information content (AvgIpc) is 2.68. The van der Waals surface area contributed by atoms with Crippen LogP contribution in [0, 0.1) is 0 Å². The topological polar surface area (TPSA) is 50.1 Å². The maximum atomic E-state index is 9.16. The zero-order valence-electron chi connectivity index (χ0n) is 13.2. The van der Waals surface area contributed by atoms with Crippen molar-refractivity contribution in [2.75, 3.05) is 6.61 Å². The molecule has 0 aliphatic carbocycles. The SMILES string of the molecule is CCC(C)(CCO)NCc1cn(C)nc1C(C)(C)C. The predicted octanol–water partition coefficient (Wildman–Crippen LogP) is 2.36. The first kappa shape index (κ1) is 16.2. The number of aliphatic hydroxyl groups is 1. The van der Waals surface area contributed by atoms with Crippen LogP contribution in [0.1, 0.15) is 58.7 Å². The third-order valence-corrected chi connectivity index (χ3v) is 3.76. The molecule has 2 N–H and O–H groups in total. The molecule has 1 aromatic heterocycles. The number of aryl methyl sites for hydroxylation is 1. The third kappa shape index (κ3) is 4.32. The number of rotatable bonds is 6. The summed E-state index contributed by atoms with van der Waals surface area (Å²) in [7, 11) is 1.96. The number of nitrogens with zero attached hydrogens (tertiary/aromatic N) is 2. The van der Waals surface area contributed by atoms with Gasteiger partial charge in [0.1, 0.15) is 0 Å². The highest BCUT2D eigenvalue weighted by Gasteiger charge is 2.25. The Labute approximate surface area is 117 Å². The molecule has 0 spiro atoms. The second-order valence-corrected chi connectivity index (χ2v) is 6.67. The fourth-order valence-electron chi connectivity index (χ4n) is 2.24. The first-order valence-electron chi connectivity index (χ1n) is 7.11. The van der Waals surface area contributed by atoms with E-state index in [0.29, 0.717) is 0 Å². The first-order valence-corrected chi connectivity index (χ1v) is 7.11. The molecular weight excluding hydrogens is 238 g/mol. The molecule has 110 valence electrons. The van der Waals surface area contributed by atoms with E-state index in [9.17, 15) is 0 Å². The van der Waals surface area contributed by atoms with E-state index in [-0.39, 0.29) is 17.6 Å². The highest BCUT2D eigenvalue weighted by molar-refractivity contribution is 5.24. The van der Waals surface area contributed by atoms with E-state index in [1.807, 2.05) is 11.7 Å². The lowest BCUT2D eigenvalue weighted by Crippen LogP contribution is -2.42. The second-order valence-electron chi connectivity index (χ2n) is 6.67. The highest BCUT2D eigenvalue weighted by atomic mass is 16.3.